The van der Waals surface area contributed by atoms with Gasteiger partial charge < -0.3 is 10.1 Å². The van der Waals surface area contributed by atoms with Gasteiger partial charge in [0.15, 0.2) is 0 Å². The minimum absolute atomic E-state index is 0.0539. The molecule has 0 atom stereocenters. The van der Waals surface area contributed by atoms with E-state index in [9.17, 15) is 10.1 Å². The number of hydrogen-bond donors (Lipinski definition) is 1. The van der Waals surface area contributed by atoms with Crippen LogP contribution in [0, 0.1) is 26.9 Å². The van der Waals surface area contributed by atoms with Gasteiger partial charge in [-0.25, -0.2) is 0 Å². The van der Waals surface area contributed by atoms with E-state index in [2.05, 4.69) is 11.4 Å². The van der Waals surface area contributed by atoms with Gasteiger partial charge in [-0.15, -0.1) is 0 Å². The molecule has 0 radical (unpaired) electrons. The molecule has 1 N–H and O–H groups in total. The molecule has 0 amide bonds. The SMILES string of the molecule is CNCc1cc([N+](=O)[O-])ccc1OCCCC(C)(C)C#N. The summed E-state index contributed by atoms with van der Waals surface area (Å²) in [5.41, 5.74) is 0.455. The number of nitrogens with one attached hydrogen (secondary N) is 1. The van der Waals surface area contributed by atoms with E-state index in [4.69, 9.17) is 10.00 Å². The van der Waals surface area contributed by atoms with Crippen LogP contribution in [-0.4, -0.2) is 18.6 Å². The summed E-state index contributed by atoms with van der Waals surface area (Å²) in [5.74, 6) is 0.643. The largest absolute Gasteiger partial charge is 0.493 e. The summed E-state index contributed by atoms with van der Waals surface area (Å²) in [4.78, 5) is 10.4. The predicted octanol–water partition coefficient (Wildman–Crippen LogP) is 3.02. The lowest BCUT2D eigenvalue weighted by atomic mass is 9.90. The molecular formula is C15H21N3O3. The normalized spacial score (nSPS) is 11.0. The van der Waals surface area contributed by atoms with E-state index in [1.165, 1.54) is 12.1 Å². The van der Waals surface area contributed by atoms with E-state index in [0.29, 0.717) is 18.9 Å². The van der Waals surface area contributed by atoms with Crippen molar-refractivity contribution in [3.8, 4) is 11.8 Å². The lowest BCUT2D eigenvalue weighted by molar-refractivity contribution is -0.384. The van der Waals surface area contributed by atoms with Crippen molar-refractivity contribution in [3.63, 3.8) is 0 Å². The second-order valence-corrected chi connectivity index (χ2v) is 5.53. The summed E-state index contributed by atoms with van der Waals surface area (Å²) < 4.78 is 5.69. The quantitative estimate of drug-likeness (QED) is 0.452. The molecule has 1 aromatic carbocycles. The lowest BCUT2D eigenvalue weighted by Crippen LogP contribution is -2.11. The highest BCUT2D eigenvalue weighted by Crippen LogP contribution is 2.25. The van der Waals surface area contributed by atoms with Gasteiger partial charge in [0, 0.05) is 24.2 Å². The molecule has 0 fully saturated rings. The fraction of sp³-hybridized carbons (Fsp3) is 0.533. The highest BCUT2D eigenvalue weighted by molar-refractivity contribution is 5.43. The van der Waals surface area contributed by atoms with Crippen molar-refractivity contribution >= 4 is 5.69 Å². The molecule has 1 rings (SSSR count). The third kappa shape index (κ3) is 5.40. The Kier molecular flexibility index (Phi) is 6.12. The number of nitro benzene ring substituents is 1. The number of benzene rings is 1. The Morgan fingerprint density at radius 2 is 2.19 bits per heavy atom. The summed E-state index contributed by atoms with van der Waals surface area (Å²) in [6, 6.07) is 6.83. The van der Waals surface area contributed by atoms with Gasteiger partial charge in [0.05, 0.1) is 23.0 Å². The van der Waals surface area contributed by atoms with Crippen molar-refractivity contribution in [2.45, 2.75) is 33.2 Å². The van der Waals surface area contributed by atoms with Crippen LogP contribution < -0.4 is 10.1 Å². The third-order valence-electron chi connectivity index (χ3n) is 3.13. The number of hydrogen-bond acceptors (Lipinski definition) is 5. The maximum atomic E-state index is 10.8. The Morgan fingerprint density at radius 1 is 1.48 bits per heavy atom. The predicted molar refractivity (Wildman–Crippen MR) is 80.0 cm³/mol. The first-order chi connectivity index (χ1) is 9.89. The summed E-state index contributed by atoms with van der Waals surface area (Å²) in [5, 5.41) is 22.7. The molecule has 0 heterocycles. The molecule has 0 aromatic heterocycles. The zero-order chi connectivity index (χ0) is 15.9. The molecule has 1 aromatic rings. The third-order valence-corrected chi connectivity index (χ3v) is 3.13. The Morgan fingerprint density at radius 3 is 2.76 bits per heavy atom. The van der Waals surface area contributed by atoms with Crippen LogP contribution in [-0.2, 0) is 6.54 Å². The van der Waals surface area contributed by atoms with Gasteiger partial charge in [0.2, 0.25) is 0 Å². The number of ether oxygens (including phenoxy) is 1. The summed E-state index contributed by atoms with van der Waals surface area (Å²) >= 11 is 0. The second kappa shape index (κ2) is 7.60. The van der Waals surface area contributed by atoms with E-state index in [0.717, 1.165) is 18.4 Å². The van der Waals surface area contributed by atoms with Gasteiger partial charge in [-0.2, -0.15) is 5.26 Å². The maximum absolute atomic E-state index is 10.8. The smallest absolute Gasteiger partial charge is 0.270 e. The first-order valence-electron chi connectivity index (χ1n) is 6.85. The van der Waals surface area contributed by atoms with E-state index >= 15 is 0 Å². The minimum Gasteiger partial charge on any atom is -0.493 e. The van der Waals surface area contributed by atoms with Gasteiger partial charge in [-0.3, -0.25) is 10.1 Å². The molecule has 114 valence electrons. The monoisotopic (exact) mass is 291 g/mol. The number of non-ortho nitro benzene ring substituents is 1. The zero-order valence-electron chi connectivity index (χ0n) is 12.7. The van der Waals surface area contributed by atoms with Crippen molar-refractivity contribution in [1.82, 2.24) is 5.32 Å². The Hall–Kier alpha value is -2.13. The highest BCUT2D eigenvalue weighted by Gasteiger charge is 2.16. The average molecular weight is 291 g/mol. The van der Waals surface area contributed by atoms with Gasteiger partial charge in [-0.05, 0) is 39.8 Å². The number of nitriles is 1. The molecule has 0 bridgehead atoms. The van der Waals surface area contributed by atoms with Gasteiger partial charge in [-0.1, -0.05) is 0 Å². The Balaban J connectivity index is 2.66. The molecule has 6 heteroatoms. The first kappa shape index (κ1) is 16.9. The summed E-state index contributed by atoms with van der Waals surface area (Å²) in [6.07, 6.45) is 1.51. The van der Waals surface area contributed by atoms with Gasteiger partial charge >= 0.3 is 0 Å². The average Bonchev–Trinajstić information content (AvgIpc) is 2.45. The van der Waals surface area contributed by atoms with Crippen molar-refractivity contribution in [2.24, 2.45) is 5.41 Å². The van der Waals surface area contributed by atoms with Crippen LogP contribution in [0.4, 0.5) is 5.69 Å². The van der Waals surface area contributed by atoms with Gasteiger partial charge in [0.1, 0.15) is 5.75 Å². The van der Waals surface area contributed by atoms with E-state index in [1.807, 2.05) is 13.8 Å². The topological polar surface area (TPSA) is 88.2 Å². The molecule has 0 unspecified atom stereocenters. The summed E-state index contributed by atoms with van der Waals surface area (Å²) in [7, 11) is 1.78. The molecule has 0 saturated heterocycles. The van der Waals surface area contributed by atoms with Crippen LogP contribution in [0.5, 0.6) is 5.75 Å². The van der Waals surface area contributed by atoms with Crippen LogP contribution in [0.2, 0.25) is 0 Å². The number of nitro groups is 1. The molecular weight excluding hydrogens is 270 g/mol. The van der Waals surface area contributed by atoms with Crippen LogP contribution in [0.1, 0.15) is 32.3 Å². The van der Waals surface area contributed by atoms with Crippen LogP contribution >= 0.6 is 0 Å². The van der Waals surface area contributed by atoms with E-state index in [1.54, 1.807) is 13.1 Å². The van der Waals surface area contributed by atoms with Crippen molar-refractivity contribution in [1.29, 1.82) is 5.26 Å². The second-order valence-electron chi connectivity index (χ2n) is 5.53. The molecule has 0 saturated carbocycles. The standard InChI is InChI=1S/C15H21N3O3/c1-15(2,11-16)7-4-8-21-14-6-5-13(18(19)20)9-12(14)10-17-3/h5-6,9,17H,4,7-8,10H2,1-3H3. The van der Waals surface area contributed by atoms with Crippen molar-refractivity contribution < 1.29 is 9.66 Å². The summed E-state index contributed by atoms with van der Waals surface area (Å²) in [6.45, 7) is 4.77. The highest BCUT2D eigenvalue weighted by atomic mass is 16.6. The van der Waals surface area contributed by atoms with Crippen molar-refractivity contribution in [3.05, 3.63) is 33.9 Å². The fourth-order valence-corrected chi connectivity index (χ4v) is 1.90. The van der Waals surface area contributed by atoms with E-state index in [-0.39, 0.29) is 11.1 Å². The van der Waals surface area contributed by atoms with Crippen LogP contribution in [0.25, 0.3) is 0 Å². The first-order valence-corrected chi connectivity index (χ1v) is 6.85. The van der Waals surface area contributed by atoms with E-state index < -0.39 is 4.92 Å². The number of rotatable bonds is 8. The fourth-order valence-electron chi connectivity index (χ4n) is 1.90. The van der Waals surface area contributed by atoms with Crippen LogP contribution in [0.3, 0.4) is 0 Å². The number of nitrogens with zero attached hydrogens (tertiary/aromatic N) is 2. The lowest BCUT2D eigenvalue weighted by Gasteiger charge is -2.16. The molecule has 0 aliphatic carbocycles. The van der Waals surface area contributed by atoms with Gasteiger partial charge in [0.25, 0.3) is 5.69 Å². The molecule has 6 nitrogen and oxygen atoms in total. The molecule has 0 spiro atoms. The molecule has 21 heavy (non-hydrogen) atoms. The molecule has 0 aliphatic rings. The van der Waals surface area contributed by atoms with Crippen molar-refractivity contribution in [2.75, 3.05) is 13.7 Å². The Labute approximate surface area is 124 Å². The Bertz CT molecular complexity index is 535. The minimum atomic E-state index is -0.418. The zero-order valence-corrected chi connectivity index (χ0v) is 12.7. The maximum Gasteiger partial charge on any atom is 0.270 e. The molecule has 0 aliphatic heterocycles. The van der Waals surface area contributed by atoms with Crippen LogP contribution in [0.15, 0.2) is 18.2 Å².